The van der Waals surface area contributed by atoms with Crippen LogP contribution in [-0.2, 0) is 20.3 Å². The Balaban J connectivity index is 3.80. The summed E-state index contributed by atoms with van der Waals surface area (Å²) in [6.07, 6.45) is 2.86. The number of ether oxygens (including phenoxy) is 1. The number of hydrogen-bond acceptors (Lipinski definition) is 4. The van der Waals surface area contributed by atoms with Crippen molar-refractivity contribution in [2.75, 3.05) is 25.7 Å². The molecule has 0 saturated carbocycles. The number of amides is 1. The molecule has 3 unspecified atom stereocenters. The third-order valence-corrected chi connectivity index (χ3v) is 3.01. The molecule has 3 N–H and O–H groups in total. The van der Waals surface area contributed by atoms with Crippen molar-refractivity contribution in [2.24, 2.45) is 5.73 Å². The van der Waals surface area contributed by atoms with Crippen LogP contribution in [0, 0.1) is 0 Å². The Hall–Kier alpha value is -0.460. The third-order valence-electron chi connectivity index (χ3n) is 2.20. The number of carbonyl (C=O) groups excluding carboxylic acids is 1. The summed E-state index contributed by atoms with van der Waals surface area (Å²) < 4.78 is 15.7. The van der Waals surface area contributed by atoms with Gasteiger partial charge in [0.25, 0.3) is 0 Å². The summed E-state index contributed by atoms with van der Waals surface area (Å²) in [7, 11) is 0.754. The van der Waals surface area contributed by atoms with Crippen molar-refractivity contribution in [3.05, 3.63) is 0 Å². The molecule has 0 rings (SSSR count). The van der Waals surface area contributed by atoms with Gasteiger partial charge in [0.2, 0.25) is 5.91 Å². The van der Waals surface area contributed by atoms with Crippen molar-refractivity contribution in [3.63, 3.8) is 0 Å². The van der Waals surface area contributed by atoms with Crippen LogP contribution in [0.4, 0.5) is 0 Å². The van der Waals surface area contributed by atoms with Crippen LogP contribution in [0.3, 0.4) is 0 Å². The quantitative estimate of drug-likeness (QED) is 0.615. The fraction of sp³-hybridized carbons (Fsp3) is 0.900. The van der Waals surface area contributed by atoms with E-state index in [-0.39, 0.29) is 11.9 Å². The Labute approximate surface area is 99.6 Å². The second-order valence-electron chi connectivity index (χ2n) is 3.86. The van der Waals surface area contributed by atoms with Gasteiger partial charge in [-0.15, -0.1) is 0 Å². The molecule has 6 heteroatoms. The van der Waals surface area contributed by atoms with Gasteiger partial charge in [0, 0.05) is 42.6 Å². The molecule has 0 aliphatic rings. The van der Waals surface area contributed by atoms with Crippen molar-refractivity contribution < 1.29 is 13.7 Å². The summed E-state index contributed by atoms with van der Waals surface area (Å²) in [5, 5.41) is 2.79. The Kier molecular flexibility index (Phi) is 8.42. The molecule has 0 aliphatic carbocycles. The molecule has 0 aliphatic heterocycles. The number of carbonyl (C=O) groups is 1. The molecule has 0 bridgehead atoms. The summed E-state index contributed by atoms with van der Waals surface area (Å²) >= 11 is 0. The highest BCUT2D eigenvalue weighted by atomic mass is 32.2. The topological polar surface area (TPSA) is 81.4 Å². The number of methoxy groups -OCH3 is 1. The molecular weight excluding hydrogens is 228 g/mol. The lowest BCUT2D eigenvalue weighted by Crippen LogP contribution is -2.45. The number of nitrogens with two attached hydrogens (primary N) is 1. The molecule has 1 amide bonds. The molecular formula is C10H22N2O3S. The lowest BCUT2D eigenvalue weighted by atomic mass is 10.2. The van der Waals surface area contributed by atoms with Gasteiger partial charge in [0.05, 0.1) is 6.04 Å². The number of rotatable bonds is 8. The maximum absolute atomic E-state index is 11.5. The zero-order valence-corrected chi connectivity index (χ0v) is 11.0. The van der Waals surface area contributed by atoms with Crippen molar-refractivity contribution in [3.8, 4) is 0 Å². The van der Waals surface area contributed by atoms with Gasteiger partial charge in [-0.05, 0) is 19.8 Å². The first kappa shape index (κ1) is 15.5. The largest absolute Gasteiger partial charge is 0.385 e. The normalized spacial score (nSPS) is 16.5. The molecule has 0 heterocycles. The lowest BCUT2D eigenvalue weighted by molar-refractivity contribution is -0.123. The summed E-state index contributed by atoms with van der Waals surface area (Å²) in [5.74, 6) is 0.417. The molecule has 96 valence electrons. The Morgan fingerprint density at radius 3 is 2.62 bits per heavy atom. The van der Waals surface area contributed by atoms with E-state index in [1.54, 1.807) is 13.4 Å². The van der Waals surface area contributed by atoms with Crippen LogP contribution in [0.1, 0.15) is 19.8 Å². The van der Waals surface area contributed by atoms with Crippen LogP contribution in [0.15, 0.2) is 0 Å². The molecule has 0 spiro atoms. The molecule has 0 radical (unpaired) electrons. The van der Waals surface area contributed by atoms with Gasteiger partial charge in [0.15, 0.2) is 0 Å². The van der Waals surface area contributed by atoms with E-state index in [2.05, 4.69) is 5.32 Å². The fourth-order valence-electron chi connectivity index (χ4n) is 1.14. The van der Waals surface area contributed by atoms with E-state index in [0.29, 0.717) is 25.2 Å². The molecule has 16 heavy (non-hydrogen) atoms. The van der Waals surface area contributed by atoms with Gasteiger partial charge in [-0.2, -0.15) is 0 Å². The van der Waals surface area contributed by atoms with E-state index < -0.39 is 16.8 Å². The smallest absolute Gasteiger partial charge is 0.237 e. The first-order valence-corrected chi connectivity index (χ1v) is 7.05. The van der Waals surface area contributed by atoms with Gasteiger partial charge in [-0.25, -0.2) is 0 Å². The summed E-state index contributed by atoms with van der Waals surface area (Å²) in [5.41, 5.74) is 5.66. The van der Waals surface area contributed by atoms with Crippen molar-refractivity contribution in [1.82, 2.24) is 5.32 Å². The maximum Gasteiger partial charge on any atom is 0.237 e. The average molecular weight is 250 g/mol. The minimum Gasteiger partial charge on any atom is -0.385 e. The minimum atomic E-state index is -0.819. The highest BCUT2D eigenvalue weighted by molar-refractivity contribution is 7.84. The predicted molar refractivity (Wildman–Crippen MR) is 65.6 cm³/mol. The molecule has 0 aromatic carbocycles. The molecule has 3 atom stereocenters. The van der Waals surface area contributed by atoms with Crippen LogP contribution in [0.5, 0.6) is 0 Å². The van der Waals surface area contributed by atoms with Gasteiger partial charge >= 0.3 is 0 Å². The summed E-state index contributed by atoms with van der Waals surface area (Å²) in [4.78, 5) is 11.5. The zero-order valence-electron chi connectivity index (χ0n) is 10.2. The first-order chi connectivity index (χ1) is 7.47. The van der Waals surface area contributed by atoms with E-state index in [1.807, 2.05) is 6.92 Å². The van der Waals surface area contributed by atoms with E-state index in [0.717, 1.165) is 0 Å². The predicted octanol–water partition coefficient (Wildman–Crippen LogP) is -0.376. The van der Waals surface area contributed by atoms with Crippen LogP contribution in [0.25, 0.3) is 0 Å². The molecule has 0 fully saturated rings. The van der Waals surface area contributed by atoms with E-state index in [9.17, 15) is 9.00 Å². The Morgan fingerprint density at radius 1 is 1.50 bits per heavy atom. The van der Waals surface area contributed by atoms with Crippen molar-refractivity contribution in [1.29, 1.82) is 0 Å². The average Bonchev–Trinajstić information content (AvgIpc) is 2.22. The minimum absolute atomic E-state index is 0.00462. The van der Waals surface area contributed by atoms with Gasteiger partial charge in [0.1, 0.15) is 0 Å². The summed E-state index contributed by atoms with van der Waals surface area (Å²) in [6, 6.07) is -0.528. The second kappa shape index (κ2) is 8.66. The fourth-order valence-corrected chi connectivity index (χ4v) is 1.83. The molecule has 0 saturated heterocycles. The summed E-state index contributed by atoms with van der Waals surface area (Å²) in [6.45, 7) is 2.36. The van der Waals surface area contributed by atoms with E-state index in [1.165, 1.54) is 0 Å². The van der Waals surface area contributed by atoms with Crippen molar-refractivity contribution >= 4 is 16.7 Å². The van der Waals surface area contributed by atoms with Crippen LogP contribution >= 0.6 is 0 Å². The lowest BCUT2D eigenvalue weighted by Gasteiger charge is -2.16. The van der Waals surface area contributed by atoms with Crippen molar-refractivity contribution in [2.45, 2.75) is 31.8 Å². The zero-order chi connectivity index (χ0) is 12.6. The Bertz CT molecular complexity index is 236. The maximum atomic E-state index is 11.5. The highest BCUT2D eigenvalue weighted by Gasteiger charge is 2.15. The third kappa shape index (κ3) is 7.78. The molecule has 0 aromatic rings. The van der Waals surface area contributed by atoms with Gasteiger partial charge in [-0.1, -0.05) is 0 Å². The van der Waals surface area contributed by atoms with E-state index >= 15 is 0 Å². The van der Waals surface area contributed by atoms with Crippen LogP contribution in [-0.4, -0.2) is 47.9 Å². The van der Waals surface area contributed by atoms with Gasteiger partial charge in [-0.3, -0.25) is 9.00 Å². The number of hydrogen-bond donors (Lipinski definition) is 2. The SMILES string of the molecule is COCCC(N)C(=O)NC(C)CCS(C)=O. The monoisotopic (exact) mass is 250 g/mol. The standard InChI is InChI=1S/C10H22N2O3S/c1-8(5-7-16(3)14)12-10(13)9(11)4-6-15-2/h8-9H,4-7,11H2,1-3H3,(H,12,13). The number of nitrogens with one attached hydrogen (secondary N) is 1. The van der Waals surface area contributed by atoms with Crippen LogP contribution in [0.2, 0.25) is 0 Å². The second-order valence-corrected chi connectivity index (χ2v) is 5.42. The first-order valence-electron chi connectivity index (χ1n) is 5.32. The van der Waals surface area contributed by atoms with Gasteiger partial charge < -0.3 is 15.8 Å². The highest BCUT2D eigenvalue weighted by Crippen LogP contribution is 1.95. The molecule has 0 aromatic heterocycles. The van der Waals surface area contributed by atoms with Crippen LogP contribution < -0.4 is 11.1 Å². The Morgan fingerprint density at radius 2 is 2.12 bits per heavy atom. The molecule has 5 nitrogen and oxygen atoms in total. The van der Waals surface area contributed by atoms with E-state index in [4.69, 9.17) is 10.5 Å².